The molecular weight excluding hydrogens is 150 g/mol. The van der Waals surface area contributed by atoms with Crippen LogP contribution >= 0.6 is 0 Å². The van der Waals surface area contributed by atoms with Gasteiger partial charge in [0.1, 0.15) is 5.78 Å². The largest absolute Gasteiger partial charge is 0.358 e. The van der Waals surface area contributed by atoms with Crippen LogP contribution in [0, 0.1) is 14.9 Å². The average molecular weight is 175 g/mol. The summed E-state index contributed by atoms with van der Waals surface area (Å²) in [6.45, 7) is 7.59. The number of Topliss-reactive ketones (excluding diaryl/α,β-unsaturated/α-hetero) is 1. The second-order valence-corrected chi connectivity index (χ2v) is 1.86. The quantitative estimate of drug-likeness (QED) is 0.668. The van der Waals surface area contributed by atoms with Crippen molar-refractivity contribution in [2.24, 2.45) is 0 Å². The second-order valence-electron chi connectivity index (χ2n) is 1.86. The third-order valence-electron chi connectivity index (χ3n) is 1.25. The van der Waals surface area contributed by atoms with E-state index in [4.69, 9.17) is 0 Å². The molecule has 0 fully saturated rings. The number of rotatable bonds is 3. The third kappa shape index (κ3) is 12.2. The number of nitrogens with one attached hydrogen (secondary N) is 1. The Balaban J connectivity index is -0.0000000740. The molecule has 1 atom stereocenters. The molecule has 0 bridgehead atoms. The first-order valence-corrected chi connectivity index (χ1v) is 3.90. The fourth-order valence-electron chi connectivity index (χ4n) is 0.695. The standard InChI is InChI=1S/C6H13NO.C2H6.2CH3/c1-4-6(7-3)5(2)8;1-2;;/h6-7H,4H2,1-3H3;1-2H3;2*1H3/q;;-1;+1. The van der Waals surface area contributed by atoms with Gasteiger partial charge in [-0.1, -0.05) is 20.8 Å². The van der Waals surface area contributed by atoms with Crippen molar-refractivity contribution < 1.29 is 4.79 Å². The summed E-state index contributed by atoms with van der Waals surface area (Å²) in [5, 5.41) is 2.90. The molecule has 0 aliphatic heterocycles. The van der Waals surface area contributed by atoms with Gasteiger partial charge in [0.2, 0.25) is 0 Å². The molecule has 0 aliphatic carbocycles. The van der Waals surface area contributed by atoms with Gasteiger partial charge in [0, 0.05) is 7.43 Å². The van der Waals surface area contributed by atoms with E-state index in [0.717, 1.165) is 6.42 Å². The van der Waals surface area contributed by atoms with Crippen molar-refractivity contribution in [1.29, 1.82) is 0 Å². The lowest BCUT2D eigenvalue weighted by atomic mass is 10.1. The molecule has 1 N–H and O–H groups in total. The van der Waals surface area contributed by atoms with Crippen molar-refractivity contribution >= 4 is 5.78 Å². The van der Waals surface area contributed by atoms with Crippen LogP contribution < -0.4 is 5.32 Å². The lowest BCUT2D eigenvalue weighted by molar-refractivity contribution is -0.118. The van der Waals surface area contributed by atoms with Crippen LogP contribution in [0.15, 0.2) is 0 Å². The van der Waals surface area contributed by atoms with Crippen molar-refractivity contribution in [3.63, 3.8) is 0 Å². The van der Waals surface area contributed by atoms with Crippen LogP contribution in [0.3, 0.4) is 0 Å². The Morgan fingerprint density at radius 3 is 1.75 bits per heavy atom. The Kier molecular flexibility index (Phi) is 31.6. The van der Waals surface area contributed by atoms with E-state index in [0.29, 0.717) is 0 Å². The highest BCUT2D eigenvalue weighted by molar-refractivity contribution is 5.81. The lowest BCUT2D eigenvalue weighted by Crippen LogP contribution is -2.31. The number of hydrogen-bond acceptors (Lipinski definition) is 2. The summed E-state index contributed by atoms with van der Waals surface area (Å²) in [5.41, 5.74) is 0. The summed E-state index contributed by atoms with van der Waals surface area (Å²) >= 11 is 0. The van der Waals surface area contributed by atoms with Crippen LogP contribution in [0.5, 0.6) is 0 Å². The van der Waals surface area contributed by atoms with Crippen LogP contribution in [0.25, 0.3) is 0 Å². The number of carbonyl (C=O) groups is 1. The van der Waals surface area contributed by atoms with Crippen molar-refractivity contribution in [1.82, 2.24) is 5.32 Å². The molecule has 0 aromatic heterocycles. The zero-order chi connectivity index (χ0) is 8.57. The molecule has 0 saturated carbocycles. The molecule has 0 aromatic carbocycles. The van der Waals surface area contributed by atoms with Crippen LogP contribution in [0.1, 0.15) is 34.1 Å². The minimum absolute atomic E-state index is 0. The van der Waals surface area contributed by atoms with E-state index in [9.17, 15) is 4.79 Å². The van der Waals surface area contributed by atoms with E-state index in [1.807, 2.05) is 20.8 Å². The minimum Gasteiger partial charge on any atom is -0.358 e. The van der Waals surface area contributed by atoms with E-state index in [2.05, 4.69) is 5.32 Å². The fraction of sp³-hybridized carbons (Fsp3) is 0.700. The second kappa shape index (κ2) is 16.8. The molecule has 0 aliphatic rings. The highest BCUT2D eigenvalue weighted by Gasteiger charge is 2.05. The van der Waals surface area contributed by atoms with Crippen LogP contribution in [0.2, 0.25) is 0 Å². The Morgan fingerprint density at radius 1 is 1.42 bits per heavy atom. The highest BCUT2D eigenvalue weighted by Crippen LogP contribution is 1.88. The topological polar surface area (TPSA) is 29.1 Å². The van der Waals surface area contributed by atoms with Gasteiger partial charge in [0.05, 0.1) is 6.04 Å². The van der Waals surface area contributed by atoms with Gasteiger partial charge in [-0.05, 0) is 20.4 Å². The predicted molar refractivity (Wildman–Crippen MR) is 58.0 cm³/mol. The van der Waals surface area contributed by atoms with Crippen LogP contribution in [-0.4, -0.2) is 18.9 Å². The molecule has 2 heteroatoms. The fourth-order valence-corrected chi connectivity index (χ4v) is 0.695. The van der Waals surface area contributed by atoms with E-state index < -0.39 is 0 Å². The first kappa shape index (κ1) is 22.5. The average Bonchev–Trinajstić information content (AvgIpc) is 1.94. The zero-order valence-corrected chi connectivity index (χ0v) is 9.69. The summed E-state index contributed by atoms with van der Waals surface area (Å²) < 4.78 is 0. The van der Waals surface area contributed by atoms with Crippen LogP contribution in [-0.2, 0) is 4.79 Å². The van der Waals surface area contributed by atoms with E-state index >= 15 is 0 Å². The summed E-state index contributed by atoms with van der Waals surface area (Å²) in [4.78, 5) is 10.5. The Morgan fingerprint density at radius 2 is 1.75 bits per heavy atom. The maximum absolute atomic E-state index is 10.5. The molecule has 0 rings (SSSR count). The van der Waals surface area contributed by atoms with E-state index in [1.54, 1.807) is 14.0 Å². The molecule has 0 heterocycles. The van der Waals surface area contributed by atoms with Gasteiger partial charge in [0.25, 0.3) is 0 Å². The molecule has 76 valence electrons. The van der Waals surface area contributed by atoms with Gasteiger partial charge in [-0.15, -0.1) is 0 Å². The summed E-state index contributed by atoms with van der Waals surface area (Å²) in [6.07, 6.45) is 0.881. The molecule has 12 heavy (non-hydrogen) atoms. The van der Waals surface area contributed by atoms with E-state index in [-0.39, 0.29) is 26.7 Å². The molecule has 0 aromatic rings. The summed E-state index contributed by atoms with van der Waals surface area (Å²) in [6, 6.07) is 0.0648. The molecule has 1 unspecified atom stereocenters. The maximum Gasteiger partial charge on any atom is 0.146 e. The van der Waals surface area contributed by atoms with E-state index in [1.165, 1.54) is 0 Å². The molecular formula is C10H25NO. The number of likely N-dealkylation sites (N-methyl/N-ethyl adjacent to an activating group) is 1. The Hall–Kier alpha value is -0.500. The molecule has 2 nitrogen and oxygen atoms in total. The number of hydrogen-bond donors (Lipinski definition) is 1. The van der Waals surface area contributed by atoms with Gasteiger partial charge < -0.3 is 12.7 Å². The molecule has 0 radical (unpaired) electrons. The summed E-state index contributed by atoms with van der Waals surface area (Å²) in [5.74, 6) is 0.218. The van der Waals surface area contributed by atoms with Crippen molar-refractivity contribution in [3.8, 4) is 0 Å². The minimum atomic E-state index is 0. The normalized spacial score (nSPS) is 9.42. The SMILES string of the molecule is CC.CCC(NC)C(C)=O.[CH3+].[CH3-]. The van der Waals surface area contributed by atoms with Gasteiger partial charge in [-0.3, -0.25) is 4.79 Å². The highest BCUT2D eigenvalue weighted by atomic mass is 16.1. The Bertz CT molecular complexity index is 77.9. The van der Waals surface area contributed by atoms with Gasteiger partial charge in [0.15, 0.2) is 0 Å². The van der Waals surface area contributed by atoms with Crippen molar-refractivity contribution in [2.45, 2.75) is 40.2 Å². The van der Waals surface area contributed by atoms with Gasteiger partial charge in [-0.25, -0.2) is 0 Å². The first-order chi connectivity index (χ1) is 4.72. The smallest absolute Gasteiger partial charge is 0.146 e. The number of carbonyl (C=O) groups excluding carboxylic acids is 1. The number of ketones is 1. The van der Waals surface area contributed by atoms with Gasteiger partial charge in [-0.2, -0.15) is 0 Å². The molecule has 0 saturated heterocycles. The maximum atomic E-state index is 10.5. The van der Waals surface area contributed by atoms with Gasteiger partial charge >= 0.3 is 0 Å². The predicted octanol–water partition coefficient (Wildman–Crippen LogP) is 2.50. The van der Waals surface area contributed by atoms with Crippen molar-refractivity contribution in [2.75, 3.05) is 7.05 Å². The zero-order valence-electron chi connectivity index (χ0n) is 9.69. The monoisotopic (exact) mass is 175 g/mol. The summed E-state index contributed by atoms with van der Waals surface area (Å²) in [7, 11) is 1.80. The molecule has 0 spiro atoms. The van der Waals surface area contributed by atoms with Crippen molar-refractivity contribution in [3.05, 3.63) is 14.9 Å². The van der Waals surface area contributed by atoms with Crippen LogP contribution in [0.4, 0.5) is 0 Å². The Labute approximate surface area is 78.8 Å². The first-order valence-electron chi connectivity index (χ1n) is 3.90. The molecule has 0 amide bonds. The lowest BCUT2D eigenvalue weighted by Gasteiger charge is -2.07. The third-order valence-corrected chi connectivity index (χ3v) is 1.25.